The molecule has 0 spiro atoms. The van der Waals surface area contributed by atoms with Gasteiger partial charge < -0.3 is 0 Å². The Bertz CT molecular complexity index is 683. The van der Waals surface area contributed by atoms with Gasteiger partial charge in [-0.15, -0.1) is 0 Å². The van der Waals surface area contributed by atoms with Crippen LogP contribution in [0.25, 0.3) is 0 Å². The van der Waals surface area contributed by atoms with E-state index in [2.05, 4.69) is 0 Å². The number of benzene rings is 2. The lowest BCUT2D eigenvalue weighted by molar-refractivity contribution is 0.732. The van der Waals surface area contributed by atoms with E-state index in [1.165, 1.54) is 24.3 Å². The first-order chi connectivity index (χ1) is 10.9. The molecule has 0 aliphatic rings. The second-order valence-corrected chi connectivity index (χ2v) is 9.70. The molecular weight excluding hydrogens is 523 g/mol. The SMILES string of the molecule is Clc1cc(C(Cl)(Cl)C(Cl)(Cl)c2cc(Cl)c(Cl)c(Cl)c2)cc(Cl)c1Cl. The monoisotopic (exact) mass is 522 g/mol. The molecule has 0 atom stereocenters. The third-order valence-corrected chi connectivity index (χ3v) is 7.87. The van der Waals surface area contributed by atoms with Gasteiger partial charge in [-0.3, -0.25) is 0 Å². The fourth-order valence-electron chi connectivity index (χ4n) is 1.84. The van der Waals surface area contributed by atoms with Crippen LogP contribution in [0.4, 0.5) is 0 Å². The van der Waals surface area contributed by atoms with Gasteiger partial charge in [0.25, 0.3) is 0 Å². The fourth-order valence-corrected chi connectivity index (χ4v) is 3.90. The van der Waals surface area contributed by atoms with Crippen LogP contribution in [0.5, 0.6) is 0 Å². The van der Waals surface area contributed by atoms with Gasteiger partial charge in [-0.25, -0.2) is 0 Å². The van der Waals surface area contributed by atoms with E-state index < -0.39 is 8.67 Å². The van der Waals surface area contributed by atoms with Crippen LogP contribution < -0.4 is 0 Å². The molecule has 0 aromatic heterocycles. The second-order valence-electron chi connectivity index (χ2n) is 4.66. The summed E-state index contributed by atoms with van der Waals surface area (Å²) < 4.78 is -3.73. The molecule has 0 amide bonds. The molecule has 0 saturated carbocycles. The quantitative estimate of drug-likeness (QED) is 0.276. The molecule has 24 heavy (non-hydrogen) atoms. The molecule has 0 heterocycles. The molecule has 0 unspecified atom stereocenters. The van der Waals surface area contributed by atoms with E-state index >= 15 is 0 Å². The maximum Gasteiger partial charge on any atom is 0.180 e. The second kappa shape index (κ2) is 7.76. The average Bonchev–Trinajstić information content (AvgIpc) is 2.48. The molecule has 0 N–H and O–H groups in total. The Kier molecular flexibility index (Phi) is 6.99. The van der Waals surface area contributed by atoms with Crippen LogP contribution >= 0.6 is 116 Å². The predicted molar refractivity (Wildman–Crippen MR) is 110 cm³/mol. The molecule has 130 valence electrons. The van der Waals surface area contributed by atoms with Gasteiger partial charge in [0.15, 0.2) is 8.67 Å². The maximum atomic E-state index is 6.45. The Labute approximate surface area is 188 Å². The first-order valence-corrected chi connectivity index (χ1v) is 9.73. The molecule has 2 rings (SSSR count). The largest absolute Gasteiger partial charge is 0.180 e. The van der Waals surface area contributed by atoms with Crippen molar-refractivity contribution in [3.05, 3.63) is 65.5 Å². The van der Waals surface area contributed by atoms with Crippen molar-refractivity contribution in [3.63, 3.8) is 0 Å². The van der Waals surface area contributed by atoms with Crippen molar-refractivity contribution >= 4 is 116 Å². The summed E-state index contributed by atoms with van der Waals surface area (Å²) in [5.41, 5.74) is 0.467. The summed E-state index contributed by atoms with van der Waals surface area (Å²) >= 11 is 61.7. The van der Waals surface area contributed by atoms with Gasteiger partial charge in [-0.2, -0.15) is 0 Å². The standard InChI is InChI=1S/C14H4Cl10/c15-7-1-5(2-8(16)11(7)19)13(21,22)14(23,24)6-3-9(17)12(20)10(18)4-6/h1-4H. The average molecular weight is 527 g/mol. The zero-order chi connectivity index (χ0) is 18.4. The highest BCUT2D eigenvalue weighted by Gasteiger charge is 2.50. The number of alkyl halides is 4. The normalized spacial score (nSPS) is 12.6. The molecule has 2 aromatic rings. The highest BCUT2D eigenvalue weighted by molar-refractivity contribution is 6.62. The minimum absolute atomic E-state index is 0.140. The Hall–Kier alpha value is 1.34. The van der Waals surface area contributed by atoms with Crippen molar-refractivity contribution in [1.82, 2.24) is 0 Å². The Morgan fingerprint density at radius 3 is 0.875 bits per heavy atom. The molecule has 0 nitrogen and oxygen atoms in total. The molecule has 2 aromatic carbocycles. The maximum absolute atomic E-state index is 6.45. The summed E-state index contributed by atoms with van der Waals surface area (Å²) in [4.78, 5) is 0. The van der Waals surface area contributed by atoms with Crippen LogP contribution in [0.3, 0.4) is 0 Å². The molecule has 10 heteroatoms. The van der Waals surface area contributed by atoms with E-state index in [9.17, 15) is 0 Å². The lowest BCUT2D eigenvalue weighted by atomic mass is 10.0. The van der Waals surface area contributed by atoms with Crippen LogP contribution in [0.2, 0.25) is 30.1 Å². The third-order valence-electron chi connectivity index (χ3n) is 3.09. The molecule has 0 aliphatic carbocycles. The highest BCUT2D eigenvalue weighted by atomic mass is 35.5. The van der Waals surface area contributed by atoms with Crippen LogP contribution in [-0.2, 0) is 8.67 Å². The van der Waals surface area contributed by atoms with E-state index in [1.807, 2.05) is 0 Å². The number of hydrogen-bond donors (Lipinski definition) is 0. The molecule has 0 radical (unpaired) electrons. The fraction of sp³-hybridized carbons (Fsp3) is 0.143. The first kappa shape index (κ1) is 21.6. The Balaban J connectivity index is 2.62. The molecule has 0 bridgehead atoms. The minimum atomic E-state index is -1.87. The molecular formula is C14H4Cl10. The molecule has 0 aliphatic heterocycles. The van der Waals surface area contributed by atoms with E-state index in [-0.39, 0.29) is 41.3 Å². The van der Waals surface area contributed by atoms with Gasteiger partial charge in [0.05, 0.1) is 30.1 Å². The van der Waals surface area contributed by atoms with Crippen LogP contribution in [0, 0.1) is 0 Å². The Morgan fingerprint density at radius 2 is 0.667 bits per heavy atom. The lowest BCUT2D eigenvalue weighted by Gasteiger charge is -2.34. The van der Waals surface area contributed by atoms with Gasteiger partial charge in [0.2, 0.25) is 0 Å². The van der Waals surface area contributed by atoms with Crippen LogP contribution in [-0.4, -0.2) is 0 Å². The summed E-state index contributed by atoms with van der Waals surface area (Å²) in [6.07, 6.45) is 0. The number of hydrogen-bond acceptors (Lipinski definition) is 0. The van der Waals surface area contributed by atoms with Gasteiger partial charge in [-0.05, 0) is 35.4 Å². The van der Waals surface area contributed by atoms with Crippen LogP contribution in [0.15, 0.2) is 24.3 Å². The predicted octanol–water partition coefficient (Wildman–Crippen LogP) is 9.57. The summed E-state index contributed by atoms with van der Waals surface area (Å²) in [5.74, 6) is 0. The zero-order valence-corrected chi connectivity index (χ0v) is 18.6. The number of rotatable bonds is 3. The van der Waals surface area contributed by atoms with Crippen molar-refractivity contribution in [2.75, 3.05) is 0 Å². The summed E-state index contributed by atoms with van der Waals surface area (Å²) in [5, 5.41) is 0.863. The van der Waals surface area contributed by atoms with Crippen molar-refractivity contribution in [2.24, 2.45) is 0 Å². The van der Waals surface area contributed by atoms with Crippen molar-refractivity contribution in [2.45, 2.75) is 8.67 Å². The van der Waals surface area contributed by atoms with E-state index in [1.54, 1.807) is 0 Å². The van der Waals surface area contributed by atoms with E-state index in [0.29, 0.717) is 0 Å². The van der Waals surface area contributed by atoms with Crippen molar-refractivity contribution in [3.8, 4) is 0 Å². The number of halogens is 10. The molecule has 0 saturated heterocycles. The highest BCUT2D eigenvalue weighted by Crippen LogP contribution is 2.58. The topological polar surface area (TPSA) is 0 Å². The third kappa shape index (κ3) is 3.94. The summed E-state index contributed by atoms with van der Waals surface area (Å²) in [6, 6.07) is 5.64. The van der Waals surface area contributed by atoms with Gasteiger partial charge in [-0.1, -0.05) is 116 Å². The molecule has 0 fully saturated rings. The summed E-state index contributed by atoms with van der Waals surface area (Å²) in [7, 11) is 0. The van der Waals surface area contributed by atoms with E-state index in [0.717, 1.165) is 0 Å². The lowest BCUT2D eigenvalue weighted by Crippen LogP contribution is -2.31. The first-order valence-electron chi connectivity index (χ1n) is 5.95. The minimum Gasteiger partial charge on any atom is -0.0925 e. The smallest absolute Gasteiger partial charge is 0.0925 e. The summed E-state index contributed by atoms with van der Waals surface area (Å²) in [6.45, 7) is 0. The van der Waals surface area contributed by atoms with Gasteiger partial charge >= 0.3 is 0 Å². The van der Waals surface area contributed by atoms with Gasteiger partial charge in [0.1, 0.15) is 0 Å². The van der Waals surface area contributed by atoms with Crippen molar-refractivity contribution < 1.29 is 0 Å². The van der Waals surface area contributed by atoms with Crippen molar-refractivity contribution in [1.29, 1.82) is 0 Å². The van der Waals surface area contributed by atoms with E-state index in [4.69, 9.17) is 116 Å². The van der Waals surface area contributed by atoms with Gasteiger partial charge in [0, 0.05) is 0 Å². The Morgan fingerprint density at radius 1 is 0.458 bits per heavy atom. The zero-order valence-electron chi connectivity index (χ0n) is 11.1. The van der Waals surface area contributed by atoms with Crippen LogP contribution in [0.1, 0.15) is 11.1 Å².